The summed E-state index contributed by atoms with van der Waals surface area (Å²) in [6, 6.07) is 21.3. The molecule has 5 aromatic rings. The van der Waals surface area contributed by atoms with Gasteiger partial charge in [-0.25, -0.2) is 19.7 Å². The third-order valence-corrected chi connectivity index (χ3v) is 7.86. The van der Waals surface area contributed by atoms with Crippen LogP contribution in [0.3, 0.4) is 0 Å². The summed E-state index contributed by atoms with van der Waals surface area (Å²) in [6.07, 6.45) is 3.94. The van der Waals surface area contributed by atoms with E-state index in [2.05, 4.69) is 34.8 Å². The van der Waals surface area contributed by atoms with Gasteiger partial charge in [-0.3, -0.25) is 0 Å². The summed E-state index contributed by atoms with van der Waals surface area (Å²) < 4.78 is 6.74. The average Bonchev–Trinajstić information content (AvgIpc) is 3.30. The molecule has 0 saturated heterocycles. The molecular formula is C26H21N3O2S2. The van der Waals surface area contributed by atoms with E-state index in [-0.39, 0.29) is 23.1 Å². The smallest absolute Gasteiger partial charge is 0.338 e. The second-order valence-electron chi connectivity index (χ2n) is 7.44. The number of pyridine rings is 1. The van der Waals surface area contributed by atoms with E-state index in [0.29, 0.717) is 11.3 Å². The molecule has 164 valence electrons. The van der Waals surface area contributed by atoms with Crippen LogP contribution in [0.15, 0.2) is 78.1 Å². The first kappa shape index (κ1) is 21.4. The Bertz CT molecular complexity index is 1480. The van der Waals surface area contributed by atoms with Crippen LogP contribution in [0, 0.1) is 0 Å². The topological polar surface area (TPSA) is 65.0 Å². The first-order valence-corrected chi connectivity index (χ1v) is 13.0. The molecule has 0 bridgehead atoms. The van der Waals surface area contributed by atoms with Crippen molar-refractivity contribution < 1.29 is 9.53 Å². The lowest BCUT2D eigenvalue weighted by Gasteiger charge is -2.10. The van der Waals surface area contributed by atoms with Gasteiger partial charge in [-0.2, -0.15) is 0 Å². The van der Waals surface area contributed by atoms with Crippen LogP contribution in [-0.2, 0) is 11.3 Å². The fourth-order valence-corrected chi connectivity index (χ4v) is 5.20. The summed E-state index contributed by atoms with van der Waals surface area (Å²) >= 11 is 1.68. The molecule has 0 N–H and O–H groups in total. The predicted octanol–water partition coefficient (Wildman–Crippen LogP) is 6.34. The fraction of sp³-hybridized carbons (Fsp3) is 0.115. The zero-order valence-corrected chi connectivity index (χ0v) is 19.8. The summed E-state index contributed by atoms with van der Waals surface area (Å²) in [4.78, 5) is 27.8. The quantitative estimate of drug-likeness (QED) is 0.170. The van der Waals surface area contributed by atoms with E-state index >= 15 is 0 Å². The molecule has 0 amide bonds. The minimum absolute atomic E-state index is 0.0736. The third kappa shape index (κ3) is 4.42. The highest BCUT2D eigenvalue weighted by molar-refractivity contribution is 8.14. The van der Waals surface area contributed by atoms with Gasteiger partial charge < -0.3 is 4.74 Å². The Morgan fingerprint density at radius 3 is 2.61 bits per heavy atom. The van der Waals surface area contributed by atoms with Crippen molar-refractivity contribution >= 4 is 54.1 Å². The summed E-state index contributed by atoms with van der Waals surface area (Å²) in [5, 5.41) is 4.93. The van der Waals surface area contributed by atoms with Gasteiger partial charge in [0.1, 0.15) is 17.8 Å². The van der Waals surface area contributed by atoms with E-state index in [1.165, 1.54) is 10.1 Å². The lowest BCUT2D eigenvalue weighted by Crippen LogP contribution is -2.06. The number of carbonyl (C=O) groups is 1. The SMILES string of the molecule is C/C=S(\C)c1ncc2cc(COC(=O)c3ccccc3)nc(-c3cc4ccccc4s3)c2n1. The number of benzene rings is 2. The fourth-order valence-electron chi connectivity index (χ4n) is 3.48. The van der Waals surface area contributed by atoms with Crippen molar-refractivity contribution in [3.05, 3.63) is 84.2 Å². The van der Waals surface area contributed by atoms with Crippen molar-refractivity contribution in [2.24, 2.45) is 0 Å². The maximum absolute atomic E-state index is 12.4. The third-order valence-electron chi connectivity index (χ3n) is 5.26. The predicted molar refractivity (Wildman–Crippen MR) is 137 cm³/mol. The first-order valence-electron chi connectivity index (χ1n) is 10.4. The number of nitrogens with zero attached hydrogens (tertiary/aromatic N) is 3. The lowest BCUT2D eigenvalue weighted by atomic mass is 10.1. The molecular weight excluding hydrogens is 450 g/mol. The van der Waals surface area contributed by atoms with Crippen LogP contribution in [0.1, 0.15) is 23.0 Å². The van der Waals surface area contributed by atoms with Gasteiger partial charge in [0.25, 0.3) is 0 Å². The molecule has 0 aliphatic carbocycles. The Kier molecular flexibility index (Phi) is 5.98. The second kappa shape index (κ2) is 9.21. The van der Waals surface area contributed by atoms with Crippen LogP contribution in [-0.4, -0.2) is 32.5 Å². The van der Waals surface area contributed by atoms with Crippen molar-refractivity contribution in [1.29, 1.82) is 0 Å². The standard InChI is InChI=1S/C26H21N3O2S2/c1-3-33(2)26-27-15-19-13-20(16-31-25(30)17-9-5-4-6-10-17)28-24(23(19)29-26)22-14-18-11-7-8-12-21(18)32-22/h3-15H,16H2,1-2H3. The highest BCUT2D eigenvalue weighted by Crippen LogP contribution is 2.36. The van der Waals surface area contributed by atoms with E-state index in [1.54, 1.807) is 23.5 Å². The summed E-state index contributed by atoms with van der Waals surface area (Å²) in [7, 11) is -0.153. The lowest BCUT2D eigenvalue weighted by molar-refractivity contribution is 0.0468. The molecule has 0 aliphatic heterocycles. The zero-order valence-electron chi connectivity index (χ0n) is 18.2. The molecule has 3 heterocycles. The Morgan fingerprint density at radius 2 is 1.82 bits per heavy atom. The summed E-state index contributed by atoms with van der Waals surface area (Å²) in [5.74, 6) is -0.374. The maximum Gasteiger partial charge on any atom is 0.338 e. The van der Waals surface area contributed by atoms with Crippen LogP contribution in [0.2, 0.25) is 0 Å². The van der Waals surface area contributed by atoms with Crippen LogP contribution >= 0.6 is 21.8 Å². The number of thiophene rings is 1. The van der Waals surface area contributed by atoms with Gasteiger partial charge in [0.2, 0.25) is 0 Å². The van der Waals surface area contributed by atoms with Crippen molar-refractivity contribution in [3.63, 3.8) is 0 Å². The summed E-state index contributed by atoms with van der Waals surface area (Å²) in [5.41, 5.74) is 2.78. The molecule has 3 aromatic heterocycles. The van der Waals surface area contributed by atoms with Gasteiger partial charge >= 0.3 is 5.97 Å². The molecule has 1 unspecified atom stereocenters. The van der Waals surface area contributed by atoms with Gasteiger partial charge in [-0.15, -0.1) is 21.8 Å². The average molecular weight is 472 g/mol. The Hall–Kier alpha value is -3.42. The minimum Gasteiger partial charge on any atom is -0.456 e. The van der Waals surface area contributed by atoms with Gasteiger partial charge in [-0.1, -0.05) is 41.8 Å². The van der Waals surface area contributed by atoms with Gasteiger partial charge in [0, 0.05) is 16.3 Å². The second-order valence-corrected chi connectivity index (χ2v) is 10.5. The van der Waals surface area contributed by atoms with Crippen LogP contribution in [0.25, 0.3) is 31.6 Å². The monoisotopic (exact) mass is 471 g/mol. The maximum atomic E-state index is 12.4. The molecule has 7 heteroatoms. The van der Waals surface area contributed by atoms with Crippen LogP contribution in [0.5, 0.6) is 0 Å². The Morgan fingerprint density at radius 1 is 1.03 bits per heavy atom. The number of hydrogen-bond acceptors (Lipinski definition) is 6. The molecule has 0 aliphatic rings. The van der Waals surface area contributed by atoms with E-state index in [0.717, 1.165) is 26.6 Å². The Labute approximate surface area is 198 Å². The van der Waals surface area contributed by atoms with E-state index in [1.807, 2.05) is 49.5 Å². The number of fused-ring (bicyclic) bond motifs is 2. The summed E-state index contributed by atoms with van der Waals surface area (Å²) in [6.45, 7) is 2.09. The van der Waals surface area contributed by atoms with Crippen molar-refractivity contribution in [3.8, 4) is 10.6 Å². The van der Waals surface area contributed by atoms with Gasteiger partial charge in [0.05, 0.1) is 16.1 Å². The number of rotatable bonds is 5. The molecule has 1 atom stereocenters. The molecule has 33 heavy (non-hydrogen) atoms. The van der Waals surface area contributed by atoms with E-state index in [9.17, 15) is 4.79 Å². The van der Waals surface area contributed by atoms with E-state index < -0.39 is 0 Å². The van der Waals surface area contributed by atoms with Crippen molar-refractivity contribution in [2.45, 2.75) is 18.7 Å². The molecule has 2 aromatic carbocycles. The van der Waals surface area contributed by atoms with Gasteiger partial charge in [0.15, 0.2) is 5.16 Å². The number of carbonyl (C=O) groups excluding carboxylic acids is 1. The first-order chi connectivity index (χ1) is 16.1. The molecule has 5 rings (SSSR count). The van der Waals surface area contributed by atoms with Crippen LogP contribution < -0.4 is 0 Å². The van der Waals surface area contributed by atoms with Crippen LogP contribution in [0.4, 0.5) is 0 Å². The number of ether oxygens (including phenoxy) is 1. The van der Waals surface area contributed by atoms with E-state index in [4.69, 9.17) is 14.7 Å². The number of aromatic nitrogens is 3. The van der Waals surface area contributed by atoms with Crippen molar-refractivity contribution in [1.82, 2.24) is 15.0 Å². The number of esters is 1. The highest BCUT2D eigenvalue weighted by atomic mass is 32.2. The highest BCUT2D eigenvalue weighted by Gasteiger charge is 2.16. The zero-order chi connectivity index (χ0) is 22.8. The molecule has 0 radical (unpaired) electrons. The largest absolute Gasteiger partial charge is 0.456 e. The molecule has 0 saturated carbocycles. The van der Waals surface area contributed by atoms with Gasteiger partial charge in [-0.05, 0) is 48.9 Å². The van der Waals surface area contributed by atoms with Crippen molar-refractivity contribution in [2.75, 3.05) is 6.26 Å². The Balaban J connectivity index is 1.59. The normalized spacial score (nSPS) is 12.3. The number of hydrogen-bond donors (Lipinski definition) is 0. The molecule has 0 spiro atoms. The minimum atomic E-state index is -0.374. The molecule has 5 nitrogen and oxygen atoms in total. The molecule has 0 fully saturated rings.